The zero-order chi connectivity index (χ0) is 17.6. The van der Waals surface area contributed by atoms with Gasteiger partial charge in [0.1, 0.15) is 18.8 Å². The van der Waals surface area contributed by atoms with Crippen molar-refractivity contribution >= 4 is 23.8 Å². The van der Waals surface area contributed by atoms with E-state index in [4.69, 9.17) is 24.7 Å². The molecule has 0 aromatic carbocycles. The van der Waals surface area contributed by atoms with Crippen LogP contribution in [0.15, 0.2) is 0 Å². The van der Waals surface area contributed by atoms with Crippen molar-refractivity contribution < 1.29 is 38.1 Å². The molecule has 0 saturated carbocycles. The summed E-state index contributed by atoms with van der Waals surface area (Å²) in [6, 6.07) is 0. The highest BCUT2D eigenvalue weighted by molar-refractivity contribution is 5.74. The Hall–Kier alpha value is -2.16. The highest BCUT2D eigenvalue weighted by atomic mass is 16.6. The van der Waals surface area contributed by atoms with Crippen molar-refractivity contribution in [3.63, 3.8) is 0 Å². The molecular formula is C14H21NO8. The van der Waals surface area contributed by atoms with Gasteiger partial charge in [-0.1, -0.05) is 0 Å². The Bertz CT molecular complexity index is 451. The summed E-state index contributed by atoms with van der Waals surface area (Å²) in [5.74, 6) is -2.34. The highest BCUT2D eigenvalue weighted by Crippen LogP contribution is 2.27. The number of hydrogen-bond acceptors (Lipinski definition) is 8. The first kappa shape index (κ1) is 18.9. The van der Waals surface area contributed by atoms with Crippen molar-refractivity contribution in [1.29, 1.82) is 0 Å². The van der Waals surface area contributed by atoms with Crippen molar-refractivity contribution in [3.8, 4) is 0 Å². The maximum atomic E-state index is 11.3. The molecule has 0 aromatic heterocycles. The first-order valence-electron chi connectivity index (χ1n) is 7.10. The maximum absolute atomic E-state index is 11.3. The van der Waals surface area contributed by atoms with E-state index in [-0.39, 0.29) is 19.4 Å². The third kappa shape index (κ3) is 6.64. The monoisotopic (exact) mass is 331 g/mol. The molecule has 2 N–H and O–H groups in total. The molecule has 0 radical (unpaired) electrons. The molecular weight excluding hydrogens is 310 g/mol. The molecule has 1 aliphatic heterocycles. The van der Waals surface area contributed by atoms with Crippen molar-refractivity contribution in [2.24, 2.45) is 5.73 Å². The molecule has 1 amide bonds. The van der Waals surface area contributed by atoms with Crippen molar-refractivity contribution in [1.82, 2.24) is 0 Å². The Morgan fingerprint density at radius 1 is 1.04 bits per heavy atom. The Balaban J connectivity index is 2.92. The van der Waals surface area contributed by atoms with Crippen LogP contribution in [-0.2, 0) is 38.1 Å². The molecule has 23 heavy (non-hydrogen) atoms. The van der Waals surface area contributed by atoms with Gasteiger partial charge in [0.05, 0.1) is 12.5 Å². The third-order valence-electron chi connectivity index (χ3n) is 3.09. The van der Waals surface area contributed by atoms with Crippen LogP contribution in [0.3, 0.4) is 0 Å². The second-order valence-electron chi connectivity index (χ2n) is 5.23. The van der Waals surface area contributed by atoms with E-state index in [1.807, 2.05) is 0 Å². The largest absolute Gasteiger partial charge is 0.463 e. The van der Waals surface area contributed by atoms with Crippen LogP contribution in [0.4, 0.5) is 0 Å². The number of carbonyl (C=O) groups excluding carboxylic acids is 4. The van der Waals surface area contributed by atoms with Gasteiger partial charge < -0.3 is 24.7 Å². The minimum atomic E-state index is -0.961. The van der Waals surface area contributed by atoms with E-state index in [0.29, 0.717) is 0 Å². The number of rotatable bonds is 6. The zero-order valence-corrected chi connectivity index (χ0v) is 13.3. The predicted octanol–water partition coefficient (Wildman–Crippen LogP) is -0.554. The molecule has 130 valence electrons. The molecule has 0 spiro atoms. The third-order valence-corrected chi connectivity index (χ3v) is 3.09. The van der Waals surface area contributed by atoms with Crippen molar-refractivity contribution in [2.75, 3.05) is 6.61 Å². The van der Waals surface area contributed by atoms with E-state index < -0.39 is 48.2 Å². The van der Waals surface area contributed by atoms with Gasteiger partial charge in [0.2, 0.25) is 5.91 Å². The summed E-state index contributed by atoms with van der Waals surface area (Å²) in [6.45, 7) is 3.58. The summed E-state index contributed by atoms with van der Waals surface area (Å²) in [5.41, 5.74) is 5.18. The SMILES string of the molecule is CC(=O)OC[C@@H]1C[C@H](OC(C)=O)[C@H](OC(C)=O)[C@@H](CC(N)=O)O1. The van der Waals surface area contributed by atoms with Crippen LogP contribution >= 0.6 is 0 Å². The van der Waals surface area contributed by atoms with E-state index in [1.165, 1.54) is 20.8 Å². The molecule has 1 aliphatic rings. The zero-order valence-electron chi connectivity index (χ0n) is 13.3. The Kier molecular flexibility index (Phi) is 6.95. The fraction of sp³-hybridized carbons (Fsp3) is 0.714. The summed E-state index contributed by atoms with van der Waals surface area (Å²) in [4.78, 5) is 44.6. The summed E-state index contributed by atoms with van der Waals surface area (Å²) >= 11 is 0. The van der Waals surface area contributed by atoms with E-state index in [9.17, 15) is 19.2 Å². The molecule has 9 heteroatoms. The smallest absolute Gasteiger partial charge is 0.303 e. The first-order valence-corrected chi connectivity index (χ1v) is 7.10. The van der Waals surface area contributed by atoms with E-state index in [2.05, 4.69) is 0 Å². The number of ether oxygens (including phenoxy) is 4. The second kappa shape index (κ2) is 8.47. The fourth-order valence-corrected chi connectivity index (χ4v) is 2.36. The van der Waals surface area contributed by atoms with Crippen molar-refractivity contribution in [2.45, 2.75) is 58.0 Å². The molecule has 1 saturated heterocycles. The molecule has 0 aromatic rings. The van der Waals surface area contributed by atoms with Gasteiger partial charge in [-0.15, -0.1) is 0 Å². The fourth-order valence-electron chi connectivity index (χ4n) is 2.36. The maximum Gasteiger partial charge on any atom is 0.303 e. The number of primary amides is 1. The van der Waals surface area contributed by atoms with Gasteiger partial charge in [0.15, 0.2) is 6.10 Å². The average molecular weight is 331 g/mol. The van der Waals surface area contributed by atoms with E-state index in [1.54, 1.807) is 0 Å². The van der Waals surface area contributed by atoms with Crippen LogP contribution in [0.25, 0.3) is 0 Å². The highest BCUT2D eigenvalue weighted by Gasteiger charge is 2.43. The summed E-state index contributed by atoms with van der Waals surface area (Å²) in [5, 5.41) is 0. The molecule has 9 nitrogen and oxygen atoms in total. The molecule has 0 bridgehead atoms. The Labute approximate surface area is 133 Å². The van der Waals surface area contributed by atoms with Gasteiger partial charge in [-0.25, -0.2) is 0 Å². The standard InChI is InChI=1S/C14H21NO8/c1-7(16)20-6-10-4-11(21-8(2)17)14(22-9(3)18)12(23-10)5-13(15)19/h10-12,14H,4-6H2,1-3H3,(H2,15,19)/t10-,11-,12+,14-/m0/s1. The van der Waals surface area contributed by atoms with Crippen LogP contribution in [-0.4, -0.2) is 54.8 Å². The molecule has 1 fully saturated rings. The summed E-state index contributed by atoms with van der Waals surface area (Å²) in [7, 11) is 0. The van der Waals surface area contributed by atoms with Gasteiger partial charge in [0.25, 0.3) is 0 Å². The molecule has 1 rings (SSSR count). The second-order valence-corrected chi connectivity index (χ2v) is 5.23. The Morgan fingerprint density at radius 3 is 2.13 bits per heavy atom. The van der Waals surface area contributed by atoms with Gasteiger partial charge in [0, 0.05) is 27.2 Å². The number of carbonyl (C=O) groups is 4. The van der Waals surface area contributed by atoms with Crippen LogP contribution in [0, 0.1) is 0 Å². The van der Waals surface area contributed by atoms with Gasteiger partial charge in [-0.2, -0.15) is 0 Å². The van der Waals surface area contributed by atoms with Crippen LogP contribution < -0.4 is 5.73 Å². The molecule has 0 unspecified atom stereocenters. The molecule has 0 aliphatic carbocycles. The lowest BCUT2D eigenvalue weighted by atomic mass is 9.95. The average Bonchev–Trinajstić information content (AvgIpc) is 2.38. The lowest BCUT2D eigenvalue weighted by molar-refractivity contribution is -0.213. The number of amides is 1. The predicted molar refractivity (Wildman–Crippen MR) is 74.8 cm³/mol. The van der Waals surface area contributed by atoms with E-state index >= 15 is 0 Å². The Morgan fingerprint density at radius 2 is 1.65 bits per heavy atom. The van der Waals surface area contributed by atoms with Crippen LogP contribution in [0.1, 0.15) is 33.6 Å². The lowest BCUT2D eigenvalue weighted by Crippen LogP contribution is -2.53. The van der Waals surface area contributed by atoms with Crippen LogP contribution in [0.2, 0.25) is 0 Å². The summed E-state index contributed by atoms with van der Waals surface area (Å²) < 4.78 is 20.8. The number of nitrogens with two attached hydrogens (primary N) is 1. The minimum Gasteiger partial charge on any atom is -0.463 e. The topological polar surface area (TPSA) is 131 Å². The minimum absolute atomic E-state index is 0.0743. The van der Waals surface area contributed by atoms with Gasteiger partial charge in [-0.05, 0) is 0 Å². The lowest BCUT2D eigenvalue weighted by Gasteiger charge is -2.40. The van der Waals surface area contributed by atoms with Crippen LogP contribution in [0.5, 0.6) is 0 Å². The molecule has 1 heterocycles. The van der Waals surface area contributed by atoms with Gasteiger partial charge in [-0.3, -0.25) is 19.2 Å². The molecule has 4 atom stereocenters. The number of hydrogen-bond donors (Lipinski definition) is 1. The number of esters is 3. The van der Waals surface area contributed by atoms with E-state index in [0.717, 1.165) is 0 Å². The normalized spacial score (nSPS) is 26.9. The quantitative estimate of drug-likeness (QED) is 0.506. The first-order chi connectivity index (χ1) is 10.7. The van der Waals surface area contributed by atoms with Gasteiger partial charge >= 0.3 is 17.9 Å². The summed E-state index contributed by atoms with van der Waals surface area (Å²) in [6.07, 6.45) is -3.37. The van der Waals surface area contributed by atoms with Crippen molar-refractivity contribution in [3.05, 3.63) is 0 Å².